The van der Waals surface area contributed by atoms with Gasteiger partial charge in [0.05, 0.1) is 0 Å². The van der Waals surface area contributed by atoms with Gasteiger partial charge in [-0.25, -0.2) is 0 Å². The van der Waals surface area contributed by atoms with E-state index in [4.69, 9.17) is 0 Å². The highest BCUT2D eigenvalue weighted by atomic mass is 32.1. The molecule has 0 bridgehead atoms. The van der Waals surface area contributed by atoms with Gasteiger partial charge in [-0.05, 0) is 113 Å². The van der Waals surface area contributed by atoms with Crippen LogP contribution in [0.4, 0.5) is 17.1 Å². The molecule has 0 spiro atoms. The number of benzene rings is 7. The van der Waals surface area contributed by atoms with Gasteiger partial charge in [-0.1, -0.05) is 84.9 Å². The third-order valence-corrected chi connectivity index (χ3v) is 12.0. The predicted octanol–water partition coefficient (Wildman–Crippen LogP) is 13.7. The van der Waals surface area contributed by atoms with Crippen LogP contribution in [0.2, 0.25) is 0 Å². The molecule has 1 aliphatic rings. The second kappa shape index (κ2) is 10.7. The summed E-state index contributed by atoms with van der Waals surface area (Å²) < 4.78 is 5.28. The Morgan fingerprint density at radius 1 is 0.489 bits per heavy atom. The summed E-state index contributed by atoms with van der Waals surface area (Å²) in [6.45, 7) is 0. The molecule has 2 heterocycles. The van der Waals surface area contributed by atoms with E-state index >= 15 is 0 Å². The van der Waals surface area contributed by atoms with Crippen molar-refractivity contribution in [2.45, 2.75) is 12.8 Å². The van der Waals surface area contributed by atoms with Crippen LogP contribution in [-0.4, -0.2) is 0 Å². The van der Waals surface area contributed by atoms with Crippen LogP contribution in [-0.2, 0) is 6.42 Å². The minimum absolute atomic E-state index is 1.12. The van der Waals surface area contributed by atoms with Crippen LogP contribution in [0.1, 0.15) is 17.5 Å². The number of aryl methyl sites for hydroxylation is 1. The zero-order chi connectivity index (χ0) is 30.9. The third-order valence-electron chi connectivity index (χ3n) is 9.70. The number of fused-ring (bicyclic) bond motifs is 9. The van der Waals surface area contributed by atoms with Gasteiger partial charge < -0.3 is 4.90 Å². The maximum atomic E-state index is 2.42. The van der Waals surface area contributed by atoms with Crippen LogP contribution in [0.3, 0.4) is 0 Å². The highest BCUT2D eigenvalue weighted by Crippen LogP contribution is 2.45. The van der Waals surface area contributed by atoms with E-state index in [9.17, 15) is 0 Å². The van der Waals surface area contributed by atoms with Gasteiger partial charge in [0.2, 0.25) is 0 Å². The first-order valence-electron chi connectivity index (χ1n) is 16.2. The van der Waals surface area contributed by atoms with Crippen LogP contribution in [0.15, 0.2) is 146 Å². The van der Waals surface area contributed by atoms with Crippen LogP contribution in [0.5, 0.6) is 0 Å². The predicted molar refractivity (Wildman–Crippen MR) is 207 cm³/mol. The monoisotopic (exact) mass is 635 g/mol. The maximum absolute atomic E-state index is 2.42. The maximum Gasteiger partial charge on any atom is 0.0468 e. The van der Waals surface area contributed by atoms with E-state index < -0.39 is 0 Å². The van der Waals surface area contributed by atoms with E-state index in [1.165, 1.54) is 79.1 Å². The van der Waals surface area contributed by atoms with E-state index in [1.807, 2.05) is 22.7 Å². The van der Waals surface area contributed by atoms with Gasteiger partial charge >= 0.3 is 0 Å². The number of hydrogen-bond acceptors (Lipinski definition) is 3. The molecule has 0 saturated carbocycles. The second-order valence-corrected chi connectivity index (χ2v) is 14.6. The molecule has 0 fully saturated rings. The number of nitrogens with zero attached hydrogens (tertiary/aromatic N) is 1. The molecule has 222 valence electrons. The van der Waals surface area contributed by atoms with Gasteiger partial charge in [-0.2, -0.15) is 0 Å². The summed E-state index contributed by atoms with van der Waals surface area (Å²) >= 11 is 3.75. The fourth-order valence-corrected chi connectivity index (χ4v) is 9.68. The van der Waals surface area contributed by atoms with Gasteiger partial charge in [-0.3, -0.25) is 0 Å². The van der Waals surface area contributed by atoms with Crippen molar-refractivity contribution in [1.82, 2.24) is 0 Å². The first kappa shape index (κ1) is 26.9. The smallest absolute Gasteiger partial charge is 0.0468 e. The molecule has 7 aromatic carbocycles. The molecule has 0 N–H and O–H groups in total. The molecule has 2 aromatic heterocycles. The molecular formula is C44H29NS2. The Kier molecular flexibility index (Phi) is 6.12. The van der Waals surface area contributed by atoms with Crippen molar-refractivity contribution in [2.24, 2.45) is 0 Å². The summed E-state index contributed by atoms with van der Waals surface area (Å²) in [4.78, 5) is 2.41. The first-order valence-corrected chi connectivity index (χ1v) is 17.9. The molecular weight excluding hydrogens is 607 g/mol. The van der Waals surface area contributed by atoms with Gasteiger partial charge in [0.15, 0.2) is 0 Å². The van der Waals surface area contributed by atoms with Gasteiger partial charge in [0, 0.05) is 57.4 Å². The average molecular weight is 636 g/mol. The standard InChI is InChI=1S/C44H29NS2/c1-2-10-31(11-3-1)45(32-21-23-41-38(26-32)36-13-6-7-15-40(36)46-41)33-22-24-42-39(27-33)44-35(14-8-16-43(44)47-42)30-20-19-29-18-17-28-9-4-5-12-34(28)37(29)25-30/h1-3,5-8,10-27H,4,9H2. The summed E-state index contributed by atoms with van der Waals surface area (Å²) in [6.07, 6.45) is 6.89. The van der Waals surface area contributed by atoms with Crippen molar-refractivity contribution < 1.29 is 0 Å². The lowest BCUT2D eigenvalue weighted by molar-refractivity contribution is 0.990. The van der Waals surface area contributed by atoms with Gasteiger partial charge in [-0.15, -0.1) is 22.7 Å². The third kappa shape index (κ3) is 4.35. The minimum atomic E-state index is 1.12. The number of rotatable bonds is 4. The molecule has 0 amide bonds. The van der Waals surface area contributed by atoms with Crippen molar-refractivity contribution in [3.05, 3.63) is 157 Å². The minimum Gasteiger partial charge on any atom is -0.310 e. The van der Waals surface area contributed by atoms with E-state index in [0.29, 0.717) is 0 Å². The number of allylic oxidation sites excluding steroid dienone is 1. The normalized spacial score (nSPS) is 12.9. The van der Waals surface area contributed by atoms with E-state index in [-0.39, 0.29) is 0 Å². The second-order valence-electron chi connectivity index (χ2n) is 12.4. The largest absolute Gasteiger partial charge is 0.310 e. The lowest BCUT2D eigenvalue weighted by atomic mass is 9.90. The number of para-hydroxylation sites is 1. The Balaban J connectivity index is 1.18. The lowest BCUT2D eigenvalue weighted by Crippen LogP contribution is -2.09. The molecule has 0 aliphatic heterocycles. The molecule has 0 radical (unpaired) electrons. The van der Waals surface area contributed by atoms with Crippen LogP contribution in [0, 0.1) is 0 Å². The highest BCUT2D eigenvalue weighted by Gasteiger charge is 2.18. The molecule has 1 nitrogen and oxygen atoms in total. The molecule has 0 unspecified atom stereocenters. The molecule has 47 heavy (non-hydrogen) atoms. The summed E-state index contributed by atoms with van der Waals surface area (Å²) in [5.74, 6) is 0. The van der Waals surface area contributed by atoms with E-state index in [0.717, 1.165) is 24.2 Å². The number of thiophene rings is 2. The molecule has 1 aliphatic carbocycles. The van der Waals surface area contributed by atoms with E-state index in [2.05, 4.69) is 157 Å². The quantitative estimate of drug-likeness (QED) is 0.186. The Hall–Kier alpha value is -5.22. The molecule has 9 aromatic rings. The topological polar surface area (TPSA) is 3.24 Å². The summed E-state index contributed by atoms with van der Waals surface area (Å²) in [5, 5.41) is 7.91. The first-order chi connectivity index (χ1) is 23.3. The SMILES string of the molecule is C1=Cc2c(ccc3ccc(-c4cccc5sc6ccc(N(c7ccccc7)c7ccc8sc9ccccc9c8c7)cc6c45)cc23)CC1. The molecule has 3 heteroatoms. The summed E-state index contributed by atoms with van der Waals surface area (Å²) in [6, 6.07) is 51.9. The van der Waals surface area contributed by atoms with Crippen molar-refractivity contribution in [1.29, 1.82) is 0 Å². The van der Waals surface area contributed by atoms with E-state index in [1.54, 1.807) is 0 Å². The zero-order valence-electron chi connectivity index (χ0n) is 25.6. The van der Waals surface area contributed by atoms with Gasteiger partial charge in [0.1, 0.15) is 0 Å². The highest BCUT2D eigenvalue weighted by molar-refractivity contribution is 7.26. The van der Waals surface area contributed by atoms with Gasteiger partial charge in [0.25, 0.3) is 0 Å². The molecule has 0 saturated heterocycles. The number of anilines is 3. The average Bonchev–Trinajstić information content (AvgIpc) is 3.70. The van der Waals surface area contributed by atoms with Crippen LogP contribution < -0.4 is 4.90 Å². The summed E-state index contributed by atoms with van der Waals surface area (Å²) in [5.41, 5.74) is 8.88. The van der Waals surface area contributed by atoms with Crippen molar-refractivity contribution in [3.63, 3.8) is 0 Å². The Morgan fingerprint density at radius 2 is 1.21 bits per heavy atom. The fourth-order valence-electron chi connectivity index (χ4n) is 7.48. The van der Waals surface area contributed by atoms with Crippen molar-refractivity contribution in [3.8, 4) is 11.1 Å². The molecule has 10 rings (SSSR count). The summed E-state index contributed by atoms with van der Waals surface area (Å²) in [7, 11) is 0. The lowest BCUT2D eigenvalue weighted by Gasteiger charge is -2.25. The van der Waals surface area contributed by atoms with Crippen LogP contribution >= 0.6 is 22.7 Å². The Labute approximate surface area is 281 Å². The fraction of sp³-hybridized carbons (Fsp3) is 0.0455. The Morgan fingerprint density at radius 3 is 2.11 bits per heavy atom. The van der Waals surface area contributed by atoms with Crippen LogP contribution in [0.25, 0.3) is 68.3 Å². The molecule has 0 atom stereocenters. The zero-order valence-corrected chi connectivity index (χ0v) is 27.2. The Bertz CT molecular complexity index is 2690. The number of hydrogen-bond donors (Lipinski definition) is 0. The van der Waals surface area contributed by atoms with Crippen molar-refractivity contribution in [2.75, 3.05) is 4.90 Å². The van der Waals surface area contributed by atoms with Crippen molar-refractivity contribution >= 4 is 96.9 Å².